The third-order valence-corrected chi connectivity index (χ3v) is 4.48. The van der Waals surface area contributed by atoms with Gasteiger partial charge in [0, 0.05) is 27.2 Å². The smallest absolute Gasteiger partial charge is 0.343 e. The first-order chi connectivity index (χ1) is 14.8. The van der Waals surface area contributed by atoms with Gasteiger partial charge in [-0.15, -0.1) is 0 Å². The number of hydrazone groups is 1. The second-order valence-corrected chi connectivity index (χ2v) is 6.93. The van der Waals surface area contributed by atoms with Gasteiger partial charge < -0.3 is 4.74 Å². The standard InChI is InChI=1S/C21H13Cl2N3O5/c22-16-8-4-13(5-9-16)20(27)25-24-12-15-2-1-3-18(26(29)30)19(15)31-21(28)14-6-10-17(23)11-7-14/h1-12H,(H,25,27)/b24-12+. The van der Waals surface area contributed by atoms with Crippen molar-refractivity contribution in [2.24, 2.45) is 5.10 Å². The normalized spacial score (nSPS) is 10.6. The fraction of sp³-hybridized carbons (Fsp3) is 0. The van der Waals surface area contributed by atoms with Crippen molar-refractivity contribution in [3.05, 3.63) is 104 Å². The third-order valence-electron chi connectivity index (χ3n) is 3.97. The Bertz CT molecular complexity index is 1160. The van der Waals surface area contributed by atoms with Gasteiger partial charge in [0.05, 0.1) is 16.7 Å². The summed E-state index contributed by atoms with van der Waals surface area (Å²) in [5, 5.41) is 16.1. The summed E-state index contributed by atoms with van der Waals surface area (Å²) in [6.07, 6.45) is 1.14. The van der Waals surface area contributed by atoms with Crippen molar-refractivity contribution >= 4 is 47.0 Å². The van der Waals surface area contributed by atoms with Crippen molar-refractivity contribution in [1.29, 1.82) is 0 Å². The molecule has 0 aliphatic carbocycles. The van der Waals surface area contributed by atoms with Gasteiger partial charge in [-0.25, -0.2) is 10.2 Å². The number of benzene rings is 3. The average Bonchev–Trinajstić information content (AvgIpc) is 2.75. The third kappa shape index (κ3) is 5.65. The maximum absolute atomic E-state index is 12.4. The lowest BCUT2D eigenvalue weighted by Crippen LogP contribution is -2.17. The molecule has 0 atom stereocenters. The Morgan fingerprint density at radius 2 is 1.52 bits per heavy atom. The SMILES string of the molecule is O=C(N/N=C/c1cccc([N+](=O)[O-])c1OC(=O)c1ccc(Cl)cc1)c1ccc(Cl)cc1. The van der Waals surface area contributed by atoms with E-state index in [1.807, 2.05) is 0 Å². The Kier molecular flexibility index (Phi) is 6.96. The molecule has 31 heavy (non-hydrogen) atoms. The number of hydrogen-bond donors (Lipinski definition) is 1. The number of carbonyl (C=O) groups excluding carboxylic acids is 2. The molecular weight excluding hydrogens is 445 g/mol. The number of nitro benzene ring substituents is 1. The second kappa shape index (κ2) is 9.84. The molecule has 0 heterocycles. The van der Waals surface area contributed by atoms with Gasteiger partial charge in [0.1, 0.15) is 0 Å². The Balaban J connectivity index is 1.83. The van der Waals surface area contributed by atoms with E-state index in [2.05, 4.69) is 10.5 Å². The molecule has 0 saturated heterocycles. The van der Waals surface area contributed by atoms with Crippen molar-refractivity contribution in [3.63, 3.8) is 0 Å². The number of nitrogens with zero attached hydrogens (tertiary/aromatic N) is 2. The van der Waals surface area contributed by atoms with E-state index in [9.17, 15) is 19.7 Å². The molecule has 10 heteroatoms. The number of amides is 1. The lowest BCUT2D eigenvalue weighted by molar-refractivity contribution is -0.385. The first-order valence-corrected chi connectivity index (χ1v) is 9.45. The highest BCUT2D eigenvalue weighted by atomic mass is 35.5. The summed E-state index contributed by atoms with van der Waals surface area (Å²) in [7, 11) is 0. The summed E-state index contributed by atoms with van der Waals surface area (Å²) in [5.41, 5.74) is 2.45. The topological polar surface area (TPSA) is 111 Å². The Labute approximate surface area is 186 Å². The van der Waals surface area contributed by atoms with Crippen LogP contribution in [0.25, 0.3) is 0 Å². The summed E-state index contributed by atoms with van der Waals surface area (Å²) >= 11 is 11.6. The Morgan fingerprint density at radius 1 is 0.935 bits per heavy atom. The van der Waals surface area contributed by atoms with Crippen LogP contribution in [0.5, 0.6) is 5.75 Å². The van der Waals surface area contributed by atoms with Gasteiger partial charge in [0.25, 0.3) is 5.91 Å². The molecule has 3 aromatic rings. The predicted octanol–water partition coefficient (Wildman–Crippen LogP) is 4.88. The summed E-state index contributed by atoms with van der Waals surface area (Å²) in [4.78, 5) is 35.3. The van der Waals surface area contributed by atoms with E-state index in [0.29, 0.717) is 15.6 Å². The van der Waals surface area contributed by atoms with E-state index in [1.54, 1.807) is 12.1 Å². The van der Waals surface area contributed by atoms with Crippen molar-refractivity contribution in [3.8, 4) is 5.75 Å². The second-order valence-electron chi connectivity index (χ2n) is 6.06. The number of para-hydroxylation sites is 1. The molecule has 0 radical (unpaired) electrons. The molecule has 8 nitrogen and oxygen atoms in total. The average molecular weight is 458 g/mol. The van der Waals surface area contributed by atoms with Crippen LogP contribution in [0.3, 0.4) is 0 Å². The minimum atomic E-state index is -0.814. The first kappa shape index (κ1) is 21.9. The van der Waals surface area contributed by atoms with Crippen LogP contribution in [-0.4, -0.2) is 23.0 Å². The van der Waals surface area contributed by atoms with Crippen molar-refractivity contribution < 1.29 is 19.2 Å². The highest BCUT2D eigenvalue weighted by Gasteiger charge is 2.22. The minimum absolute atomic E-state index is 0.118. The zero-order valence-corrected chi connectivity index (χ0v) is 17.1. The van der Waals surface area contributed by atoms with E-state index in [1.165, 1.54) is 54.6 Å². The van der Waals surface area contributed by atoms with Gasteiger partial charge in [0.2, 0.25) is 5.75 Å². The van der Waals surface area contributed by atoms with Gasteiger partial charge >= 0.3 is 11.7 Å². The zero-order valence-electron chi connectivity index (χ0n) is 15.6. The van der Waals surface area contributed by atoms with Gasteiger partial charge in [0.15, 0.2) is 0 Å². The van der Waals surface area contributed by atoms with Crippen LogP contribution < -0.4 is 10.2 Å². The van der Waals surface area contributed by atoms with Crippen molar-refractivity contribution in [2.75, 3.05) is 0 Å². The van der Waals surface area contributed by atoms with Crippen molar-refractivity contribution in [1.82, 2.24) is 5.43 Å². The van der Waals surface area contributed by atoms with E-state index >= 15 is 0 Å². The number of nitro groups is 1. The van der Waals surface area contributed by atoms with Crippen LogP contribution in [0.15, 0.2) is 71.8 Å². The van der Waals surface area contributed by atoms with Crippen LogP contribution in [-0.2, 0) is 0 Å². The minimum Gasteiger partial charge on any atom is -0.415 e. The van der Waals surface area contributed by atoms with Crippen LogP contribution in [0.1, 0.15) is 26.3 Å². The van der Waals surface area contributed by atoms with Gasteiger partial charge in [-0.2, -0.15) is 5.10 Å². The number of ether oxygens (including phenoxy) is 1. The molecule has 0 saturated carbocycles. The first-order valence-electron chi connectivity index (χ1n) is 8.69. The Morgan fingerprint density at radius 3 is 2.10 bits per heavy atom. The molecule has 0 bridgehead atoms. The molecule has 0 aliphatic heterocycles. The number of hydrogen-bond acceptors (Lipinski definition) is 6. The Hall–Kier alpha value is -3.75. The van der Waals surface area contributed by atoms with Crippen LogP contribution in [0.4, 0.5) is 5.69 Å². The molecule has 1 N–H and O–H groups in total. The van der Waals surface area contributed by atoms with Crippen LogP contribution in [0.2, 0.25) is 10.0 Å². The molecule has 0 aliphatic rings. The lowest BCUT2D eigenvalue weighted by atomic mass is 10.2. The maximum Gasteiger partial charge on any atom is 0.343 e. The van der Waals surface area contributed by atoms with Gasteiger partial charge in [-0.05, 0) is 54.6 Å². The summed E-state index contributed by atoms with van der Waals surface area (Å²) in [5.74, 6) is -1.64. The fourth-order valence-corrected chi connectivity index (χ4v) is 2.71. The monoisotopic (exact) mass is 457 g/mol. The molecule has 0 unspecified atom stereocenters. The van der Waals surface area contributed by atoms with E-state index in [4.69, 9.17) is 27.9 Å². The maximum atomic E-state index is 12.4. The van der Waals surface area contributed by atoms with E-state index in [0.717, 1.165) is 6.21 Å². The predicted molar refractivity (Wildman–Crippen MR) is 116 cm³/mol. The zero-order chi connectivity index (χ0) is 22.4. The summed E-state index contributed by atoms with van der Waals surface area (Å²) in [6.45, 7) is 0. The van der Waals surface area contributed by atoms with Crippen molar-refractivity contribution in [2.45, 2.75) is 0 Å². The van der Waals surface area contributed by atoms with Gasteiger partial charge in [-0.1, -0.05) is 29.3 Å². The molecule has 156 valence electrons. The molecular formula is C21H13Cl2N3O5. The lowest BCUT2D eigenvalue weighted by Gasteiger charge is -2.08. The van der Waals surface area contributed by atoms with E-state index < -0.39 is 22.5 Å². The largest absolute Gasteiger partial charge is 0.415 e. The molecule has 3 rings (SSSR count). The number of nitrogens with one attached hydrogen (secondary N) is 1. The number of carbonyl (C=O) groups is 2. The number of esters is 1. The molecule has 0 fully saturated rings. The molecule has 1 amide bonds. The highest BCUT2D eigenvalue weighted by Crippen LogP contribution is 2.31. The summed E-state index contributed by atoms with van der Waals surface area (Å²) < 4.78 is 5.28. The molecule has 3 aromatic carbocycles. The summed E-state index contributed by atoms with van der Waals surface area (Å²) in [6, 6.07) is 16.0. The molecule has 0 aromatic heterocycles. The van der Waals surface area contributed by atoms with Crippen LogP contribution >= 0.6 is 23.2 Å². The van der Waals surface area contributed by atoms with Crippen LogP contribution in [0, 0.1) is 10.1 Å². The fourth-order valence-electron chi connectivity index (χ4n) is 2.46. The quantitative estimate of drug-likeness (QED) is 0.186. The van der Waals surface area contributed by atoms with Gasteiger partial charge in [-0.3, -0.25) is 14.9 Å². The van der Waals surface area contributed by atoms with E-state index in [-0.39, 0.29) is 16.9 Å². The number of halogens is 2. The number of rotatable bonds is 6. The molecule has 0 spiro atoms. The highest BCUT2D eigenvalue weighted by molar-refractivity contribution is 6.31.